The van der Waals surface area contributed by atoms with Gasteiger partial charge >= 0.3 is 0 Å². The Hall–Kier alpha value is -4.32. The first-order chi connectivity index (χ1) is 16.0. The molecule has 33 heavy (non-hydrogen) atoms. The van der Waals surface area contributed by atoms with Crippen molar-refractivity contribution < 1.29 is 9.13 Å². The number of pyridine rings is 1. The predicted octanol–water partition coefficient (Wildman–Crippen LogP) is 6.06. The number of methoxy groups -OCH3 is 1. The number of hydrogen-bond donors (Lipinski definition) is 1. The molecule has 162 valence electrons. The van der Waals surface area contributed by atoms with Crippen LogP contribution in [0.2, 0.25) is 0 Å². The molecule has 5 aromatic rings. The summed E-state index contributed by atoms with van der Waals surface area (Å²) in [6, 6.07) is 22.2. The molecule has 3 aromatic carbocycles. The molecule has 0 fully saturated rings. The van der Waals surface area contributed by atoms with Crippen LogP contribution in [0.5, 0.6) is 5.75 Å². The fourth-order valence-corrected chi connectivity index (χ4v) is 3.95. The van der Waals surface area contributed by atoms with Gasteiger partial charge < -0.3 is 10.5 Å². The monoisotopic (exact) mass is 436 g/mol. The molecule has 5 rings (SSSR count). The van der Waals surface area contributed by atoms with Crippen LogP contribution in [0.3, 0.4) is 0 Å². The predicted molar refractivity (Wildman–Crippen MR) is 129 cm³/mol. The molecule has 6 heteroatoms. The molecule has 0 atom stereocenters. The third kappa shape index (κ3) is 3.76. The third-order valence-corrected chi connectivity index (χ3v) is 5.63. The van der Waals surface area contributed by atoms with Crippen LogP contribution < -0.4 is 10.5 Å². The zero-order chi connectivity index (χ0) is 22.9. The van der Waals surface area contributed by atoms with E-state index in [9.17, 15) is 4.39 Å². The van der Waals surface area contributed by atoms with E-state index in [2.05, 4.69) is 9.97 Å². The quantitative estimate of drug-likeness (QED) is 0.370. The molecule has 0 aliphatic heterocycles. The average molecular weight is 436 g/mol. The minimum absolute atomic E-state index is 0.245. The van der Waals surface area contributed by atoms with E-state index in [-0.39, 0.29) is 5.82 Å². The van der Waals surface area contributed by atoms with Gasteiger partial charge in [0.1, 0.15) is 17.4 Å². The average Bonchev–Trinajstić information content (AvgIpc) is 2.85. The Balaban J connectivity index is 1.68. The first-order valence-corrected chi connectivity index (χ1v) is 10.5. The Kier molecular flexibility index (Phi) is 5.18. The molecule has 0 bridgehead atoms. The normalized spacial score (nSPS) is 11.0. The third-order valence-electron chi connectivity index (χ3n) is 5.63. The summed E-state index contributed by atoms with van der Waals surface area (Å²) in [4.78, 5) is 14.0. The number of nitrogens with zero attached hydrogens (tertiary/aromatic N) is 3. The highest BCUT2D eigenvalue weighted by Crippen LogP contribution is 2.37. The number of nitrogens with two attached hydrogens (primary N) is 1. The second kappa shape index (κ2) is 8.31. The maximum atomic E-state index is 13.9. The molecule has 0 unspecified atom stereocenters. The lowest BCUT2D eigenvalue weighted by Crippen LogP contribution is -2.00. The van der Waals surface area contributed by atoms with Crippen molar-refractivity contribution in [2.45, 2.75) is 6.92 Å². The van der Waals surface area contributed by atoms with E-state index in [1.807, 2.05) is 54.6 Å². The van der Waals surface area contributed by atoms with Gasteiger partial charge in [-0.2, -0.15) is 0 Å². The SMILES string of the molecule is COc1ccc(-c2nc(N)c3c(-c4cccnc4-c4ccc(F)c(C)c4)cccc3n2)cc1. The smallest absolute Gasteiger partial charge is 0.162 e. The van der Waals surface area contributed by atoms with Crippen molar-refractivity contribution in [2.75, 3.05) is 12.8 Å². The van der Waals surface area contributed by atoms with Crippen LogP contribution in [0.25, 0.3) is 44.7 Å². The molecule has 0 aliphatic carbocycles. The molecule has 2 heterocycles. The highest BCUT2D eigenvalue weighted by molar-refractivity contribution is 6.04. The van der Waals surface area contributed by atoms with E-state index in [4.69, 9.17) is 15.5 Å². The van der Waals surface area contributed by atoms with E-state index in [0.29, 0.717) is 17.2 Å². The molecule has 0 amide bonds. The van der Waals surface area contributed by atoms with Gasteiger partial charge in [0.2, 0.25) is 0 Å². The number of benzene rings is 3. The van der Waals surface area contributed by atoms with Gasteiger partial charge in [0.05, 0.1) is 23.7 Å². The minimum Gasteiger partial charge on any atom is -0.497 e. The summed E-state index contributed by atoms with van der Waals surface area (Å²) in [6.07, 6.45) is 1.73. The van der Waals surface area contributed by atoms with Crippen LogP contribution in [-0.2, 0) is 0 Å². The number of nitrogen functional groups attached to an aromatic ring is 1. The second-order valence-corrected chi connectivity index (χ2v) is 7.72. The molecule has 2 aromatic heterocycles. The summed E-state index contributed by atoms with van der Waals surface area (Å²) in [6.45, 7) is 1.74. The van der Waals surface area contributed by atoms with E-state index in [0.717, 1.165) is 44.6 Å². The highest BCUT2D eigenvalue weighted by Gasteiger charge is 2.16. The van der Waals surface area contributed by atoms with E-state index >= 15 is 0 Å². The van der Waals surface area contributed by atoms with Crippen molar-refractivity contribution in [3.05, 3.63) is 90.4 Å². The molecule has 0 spiro atoms. The van der Waals surface area contributed by atoms with Crippen molar-refractivity contribution in [2.24, 2.45) is 0 Å². The van der Waals surface area contributed by atoms with Gasteiger partial charge in [-0.05, 0) is 72.6 Å². The summed E-state index contributed by atoms with van der Waals surface area (Å²) in [5.74, 6) is 1.44. The summed E-state index contributed by atoms with van der Waals surface area (Å²) < 4.78 is 19.1. The standard InChI is InChI=1S/C27H21FN4O/c1-16-15-18(10-13-22(16)28)25-21(6-4-14-30-25)20-5-3-7-23-24(20)26(29)32-27(31-23)17-8-11-19(33-2)12-9-17/h3-15H,1-2H3,(H2,29,31,32). The van der Waals surface area contributed by atoms with Crippen molar-refractivity contribution in [1.29, 1.82) is 0 Å². The van der Waals surface area contributed by atoms with Crippen molar-refractivity contribution in [3.63, 3.8) is 0 Å². The molecule has 0 radical (unpaired) electrons. The van der Waals surface area contributed by atoms with Gasteiger partial charge in [0, 0.05) is 22.9 Å². The first-order valence-electron chi connectivity index (χ1n) is 10.5. The molecule has 2 N–H and O–H groups in total. The molecule has 0 saturated carbocycles. The summed E-state index contributed by atoms with van der Waals surface area (Å²) in [5, 5.41) is 0.753. The van der Waals surface area contributed by atoms with Gasteiger partial charge in [0.15, 0.2) is 5.82 Å². The maximum Gasteiger partial charge on any atom is 0.162 e. The Morgan fingerprint density at radius 2 is 1.61 bits per heavy atom. The number of anilines is 1. The molecular formula is C27H21FN4O. The fraction of sp³-hybridized carbons (Fsp3) is 0.0741. The van der Waals surface area contributed by atoms with Crippen LogP contribution in [0.15, 0.2) is 79.0 Å². The number of aryl methyl sites for hydroxylation is 1. The number of halogens is 1. The van der Waals surface area contributed by atoms with E-state index in [1.165, 1.54) is 6.07 Å². The molecule has 5 nitrogen and oxygen atoms in total. The van der Waals surface area contributed by atoms with Crippen molar-refractivity contribution >= 4 is 16.7 Å². The Labute approximate surface area is 190 Å². The zero-order valence-electron chi connectivity index (χ0n) is 18.2. The fourth-order valence-electron chi connectivity index (χ4n) is 3.95. The van der Waals surface area contributed by atoms with Gasteiger partial charge in [0.25, 0.3) is 0 Å². The van der Waals surface area contributed by atoms with Crippen LogP contribution >= 0.6 is 0 Å². The lowest BCUT2D eigenvalue weighted by atomic mass is 9.95. The van der Waals surface area contributed by atoms with Crippen molar-refractivity contribution in [1.82, 2.24) is 15.0 Å². The largest absolute Gasteiger partial charge is 0.497 e. The number of hydrogen-bond acceptors (Lipinski definition) is 5. The Morgan fingerprint density at radius 3 is 2.36 bits per heavy atom. The number of aromatic nitrogens is 3. The number of ether oxygens (including phenoxy) is 1. The Morgan fingerprint density at radius 1 is 0.848 bits per heavy atom. The van der Waals surface area contributed by atoms with Crippen molar-refractivity contribution in [3.8, 4) is 39.5 Å². The first kappa shape index (κ1) is 20.6. The number of rotatable bonds is 4. The lowest BCUT2D eigenvalue weighted by molar-refractivity contribution is 0.415. The maximum absolute atomic E-state index is 13.9. The van der Waals surface area contributed by atoms with Crippen LogP contribution in [0, 0.1) is 12.7 Å². The van der Waals surface area contributed by atoms with Gasteiger partial charge in [-0.25, -0.2) is 14.4 Å². The minimum atomic E-state index is -0.245. The molecule has 0 saturated heterocycles. The van der Waals surface area contributed by atoms with Crippen LogP contribution in [0.1, 0.15) is 5.56 Å². The second-order valence-electron chi connectivity index (χ2n) is 7.72. The van der Waals surface area contributed by atoms with Gasteiger partial charge in [-0.15, -0.1) is 0 Å². The van der Waals surface area contributed by atoms with Crippen LogP contribution in [-0.4, -0.2) is 22.1 Å². The van der Waals surface area contributed by atoms with Gasteiger partial charge in [-0.1, -0.05) is 18.2 Å². The summed E-state index contributed by atoms with van der Waals surface area (Å²) in [5.41, 5.74) is 11.9. The van der Waals surface area contributed by atoms with E-state index in [1.54, 1.807) is 32.4 Å². The van der Waals surface area contributed by atoms with Gasteiger partial charge in [-0.3, -0.25) is 4.98 Å². The van der Waals surface area contributed by atoms with Crippen LogP contribution in [0.4, 0.5) is 10.2 Å². The topological polar surface area (TPSA) is 73.9 Å². The van der Waals surface area contributed by atoms with E-state index < -0.39 is 0 Å². The Bertz CT molecular complexity index is 1480. The molecular weight excluding hydrogens is 415 g/mol. The lowest BCUT2D eigenvalue weighted by Gasteiger charge is -2.14. The highest BCUT2D eigenvalue weighted by atomic mass is 19.1. The number of fused-ring (bicyclic) bond motifs is 1. The zero-order valence-corrected chi connectivity index (χ0v) is 18.2. The molecule has 0 aliphatic rings. The summed E-state index contributed by atoms with van der Waals surface area (Å²) in [7, 11) is 1.63. The summed E-state index contributed by atoms with van der Waals surface area (Å²) >= 11 is 0.